The molecule has 25 heavy (non-hydrogen) atoms. The first-order chi connectivity index (χ1) is 11.9. The van der Waals surface area contributed by atoms with Crippen LogP contribution in [0.3, 0.4) is 0 Å². The van der Waals surface area contributed by atoms with Gasteiger partial charge >= 0.3 is 0 Å². The lowest BCUT2D eigenvalue weighted by molar-refractivity contribution is 0.100. The van der Waals surface area contributed by atoms with Crippen LogP contribution in [0.25, 0.3) is 5.78 Å². The number of aryl methyl sites for hydroxylation is 4. The van der Waals surface area contributed by atoms with Gasteiger partial charge in [-0.1, -0.05) is 19.1 Å². The minimum Gasteiger partial charge on any atom is -0.366 e. The zero-order valence-electron chi connectivity index (χ0n) is 14.6. The van der Waals surface area contributed by atoms with Crippen molar-refractivity contribution in [3.8, 4) is 0 Å². The van der Waals surface area contributed by atoms with Crippen LogP contribution in [0.15, 0.2) is 29.1 Å². The Kier molecular flexibility index (Phi) is 4.39. The van der Waals surface area contributed by atoms with Gasteiger partial charge in [0.05, 0.1) is 5.69 Å². The van der Waals surface area contributed by atoms with Crippen molar-refractivity contribution < 1.29 is 4.79 Å². The molecule has 0 saturated heterocycles. The molecule has 1 aromatic carbocycles. The van der Waals surface area contributed by atoms with E-state index in [1.807, 2.05) is 37.6 Å². The van der Waals surface area contributed by atoms with E-state index in [2.05, 4.69) is 9.97 Å². The molecule has 0 fully saturated rings. The molecule has 2 heterocycles. The van der Waals surface area contributed by atoms with Crippen LogP contribution in [0, 0.1) is 13.8 Å². The van der Waals surface area contributed by atoms with Gasteiger partial charge in [0.15, 0.2) is 0 Å². The fourth-order valence-corrected chi connectivity index (χ4v) is 3.01. The number of rotatable bonds is 5. The smallest absolute Gasteiger partial charge is 0.277 e. The highest BCUT2D eigenvalue weighted by Gasteiger charge is 2.15. The molecule has 1 amide bonds. The summed E-state index contributed by atoms with van der Waals surface area (Å²) in [5.41, 5.74) is 8.18. The van der Waals surface area contributed by atoms with Crippen LogP contribution in [0.5, 0.6) is 0 Å². The minimum atomic E-state index is -0.442. The molecular weight excluding hydrogens is 318 g/mol. The molecule has 0 aliphatic carbocycles. The van der Waals surface area contributed by atoms with E-state index in [1.165, 1.54) is 0 Å². The van der Waals surface area contributed by atoms with E-state index in [1.54, 1.807) is 16.6 Å². The Hall–Kier alpha value is -2.96. The number of carbonyl (C=O) groups is 1. The van der Waals surface area contributed by atoms with Crippen molar-refractivity contribution in [2.75, 3.05) is 0 Å². The summed E-state index contributed by atoms with van der Waals surface area (Å²) in [7, 11) is 0. The summed E-state index contributed by atoms with van der Waals surface area (Å²) in [4.78, 5) is 32.8. The molecule has 3 rings (SSSR count). The lowest BCUT2D eigenvalue weighted by atomic mass is 10.1. The molecule has 0 aliphatic heterocycles. The van der Waals surface area contributed by atoms with Crippen molar-refractivity contribution in [1.82, 2.24) is 19.2 Å². The third-order valence-electron chi connectivity index (χ3n) is 4.43. The van der Waals surface area contributed by atoms with Gasteiger partial charge in [0.2, 0.25) is 5.91 Å². The van der Waals surface area contributed by atoms with E-state index in [4.69, 9.17) is 5.73 Å². The standard InChI is InChI=1S/C18H21N5O2/c1-4-15-11(2)20-18-21-12(3)22(23(18)17(15)25)10-9-13-5-7-14(8-6-13)16(19)24/h5-8H,4,9-10H2,1-3H3,(H2,19,24). The lowest BCUT2D eigenvalue weighted by Crippen LogP contribution is -2.26. The van der Waals surface area contributed by atoms with Crippen molar-refractivity contribution in [3.05, 3.63) is 62.8 Å². The minimum absolute atomic E-state index is 0.0605. The second-order valence-corrected chi connectivity index (χ2v) is 6.04. The third-order valence-corrected chi connectivity index (χ3v) is 4.43. The quantitative estimate of drug-likeness (QED) is 0.760. The highest BCUT2D eigenvalue weighted by molar-refractivity contribution is 5.92. The maximum absolute atomic E-state index is 12.8. The van der Waals surface area contributed by atoms with Crippen LogP contribution in [0.2, 0.25) is 0 Å². The Morgan fingerprint density at radius 3 is 2.44 bits per heavy atom. The summed E-state index contributed by atoms with van der Waals surface area (Å²) in [5.74, 6) is 0.732. The summed E-state index contributed by atoms with van der Waals surface area (Å²) in [6.45, 7) is 6.25. The summed E-state index contributed by atoms with van der Waals surface area (Å²) in [5, 5.41) is 0. The number of hydrogen-bond acceptors (Lipinski definition) is 4. The van der Waals surface area contributed by atoms with Gasteiger partial charge in [-0.05, 0) is 44.4 Å². The van der Waals surface area contributed by atoms with Crippen molar-refractivity contribution in [2.45, 2.75) is 40.2 Å². The lowest BCUT2D eigenvalue weighted by Gasteiger charge is -2.09. The van der Waals surface area contributed by atoms with Crippen molar-refractivity contribution in [1.29, 1.82) is 0 Å². The number of aromatic nitrogens is 4. The summed E-state index contributed by atoms with van der Waals surface area (Å²) in [6, 6.07) is 7.17. The van der Waals surface area contributed by atoms with Crippen molar-refractivity contribution >= 4 is 11.7 Å². The Balaban J connectivity index is 1.94. The number of primary amides is 1. The zero-order chi connectivity index (χ0) is 18.1. The van der Waals surface area contributed by atoms with Gasteiger partial charge in [0.1, 0.15) is 5.82 Å². The Labute approximate surface area is 145 Å². The van der Waals surface area contributed by atoms with Gasteiger partial charge in [-0.25, -0.2) is 4.98 Å². The van der Waals surface area contributed by atoms with Gasteiger partial charge in [-0.3, -0.25) is 14.3 Å². The normalized spacial score (nSPS) is 11.2. The topological polar surface area (TPSA) is 95.3 Å². The van der Waals surface area contributed by atoms with E-state index in [-0.39, 0.29) is 5.56 Å². The van der Waals surface area contributed by atoms with Crippen LogP contribution in [-0.4, -0.2) is 25.1 Å². The van der Waals surface area contributed by atoms with Crippen LogP contribution in [0.4, 0.5) is 0 Å². The number of nitrogens with two attached hydrogens (primary N) is 1. The van der Waals surface area contributed by atoms with Crippen LogP contribution < -0.4 is 11.3 Å². The van der Waals surface area contributed by atoms with Crippen molar-refractivity contribution in [3.63, 3.8) is 0 Å². The Morgan fingerprint density at radius 2 is 1.84 bits per heavy atom. The van der Waals surface area contributed by atoms with Crippen LogP contribution in [-0.2, 0) is 19.4 Å². The first-order valence-corrected chi connectivity index (χ1v) is 8.26. The molecular formula is C18H21N5O2. The van der Waals surface area contributed by atoms with Gasteiger partial charge < -0.3 is 5.73 Å². The third kappa shape index (κ3) is 3.05. The van der Waals surface area contributed by atoms with E-state index < -0.39 is 5.91 Å². The second kappa shape index (κ2) is 6.51. The average molecular weight is 339 g/mol. The van der Waals surface area contributed by atoms with Gasteiger partial charge in [0, 0.05) is 17.7 Å². The largest absolute Gasteiger partial charge is 0.366 e. The summed E-state index contributed by atoms with van der Waals surface area (Å²) >= 11 is 0. The van der Waals surface area contributed by atoms with Crippen LogP contribution in [0.1, 0.15) is 39.9 Å². The van der Waals surface area contributed by atoms with E-state index in [9.17, 15) is 9.59 Å². The van der Waals surface area contributed by atoms with Crippen molar-refractivity contribution in [2.24, 2.45) is 5.73 Å². The number of nitrogens with zero attached hydrogens (tertiary/aromatic N) is 4. The predicted molar refractivity (Wildman–Crippen MR) is 94.8 cm³/mol. The number of fused-ring (bicyclic) bond motifs is 1. The second-order valence-electron chi connectivity index (χ2n) is 6.04. The molecule has 0 aliphatic rings. The van der Waals surface area contributed by atoms with E-state index in [0.717, 1.165) is 17.1 Å². The van der Waals surface area contributed by atoms with Gasteiger partial charge in [-0.15, -0.1) is 0 Å². The van der Waals surface area contributed by atoms with Gasteiger partial charge in [0.25, 0.3) is 11.3 Å². The molecule has 2 N–H and O–H groups in total. The number of amides is 1. The molecule has 0 atom stereocenters. The molecule has 0 unspecified atom stereocenters. The van der Waals surface area contributed by atoms with E-state index >= 15 is 0 Å². The maximum Gasteiger partial charge on any atom is 0.277 e. The average Bonchev–Trinajstić information content (AvgIpc) is 2.89. The molecule has 7 nitrogen and oxygen atoms in total. The summed E-state index contributed by atoms with van der Waals surface area (Å²) in [6.07, 6.45) is 1.34. The number of carbonyl (C=O) groups excluding carboxylic acids is 1. The monoisotopic (exact) mass is 339 g/mol. The number of hydrogen-bond donors (Lipinski definition) is 1. The van der Waals surface area contributed by atoms with Gasteiger partial charge in [-0.2, -0.15) is 9.50 Å². The molecule has 0 spiro atoms. The Bertz CT molecular complexity index is 999. The molecule has 0 saturated carbocycles. The fourth-order valence-electron chi connectivity index (χ4n) is 3.01. The highest BCUT2D eigenvalue weighted by atomic mass is 16.1. The molecule has 7 heteroatoms. The SMILES string of the molecule is CCc1c(C)nc2nc(C)n(CCc3ccc(C(N)=O)cc3)n2c1=O. The van der Waals surface area contributed by atoms with Crippen LogP contribution >= 0.6 is 0 Å². The molecule has 2 aromatic heterocycles. The molecule has 0 radical (unpaired) electrons. The predicted octanol–water partition coefficient (Wildman–Crippen LogP) is 1.41. The zero-order valence-corrected chi connectivity index (χ0v) is 14.6. The fraction of sp³-hybridized carbons (Fsp3) is 0.333. The molecule has 0 bridgehead atoms. The number of benzene rings is 1. The Morgan fingerprint density at radius 1 is 1.16 bits per heavy atom. The highest BCUT2D eigenvalue weighted by Crippen LogP contribution is 2.09. The summed E-state index contributed by atoms with van der Waals surface area (Å²) < 4.78 is 3.41. The van der Waals surface area contributed by atoms with E-state index in [0.29, 0.717) is 36.3 Å². The first kappa shape index (κ1) is 16.9. The molecule has 3 aromatic rings. The maximum atomic E-state index is 12.8. The first-order valence-electron chi connectivity index (χ1n) is 8.26. The molecule has 130 valence electrons.